The molecule has 2 rings (SSSR count). The molecule has 0 aliphatic heterocycles. The van der Waals surface area contributed by atoms with Crippen LogP contribution in [0.5, 0.6) is 0 Å². The highest BCUT2D eigenvalue weighted by Crippen LogP contribution is 2.16. The fourth-order valence-corrected chi connectivity index (χ4v) is 2.37. The number of carbonyl (C=O) groups excluding carboxylic acids is 1. The summed E-state index contributed by atoms with van der Waals surface area (Å²) in [6, 6.07) is 4.29. The molecule has 1 unspecified atom stereocenters. The van der Waals surface area contributed by atoms with Gasteiger partial charge in [-0.05, 0) is 24.6 Å². The minimum absolute atomic E-state index is 0.0916. The Labute approximate surface area is 145 Å². The molecule has 0 fully saturated rings. The molecule has 1 heterocycles. The molecule has 0 saturated heterocycles. The van der Waals surface area contributed by atoms with E-state index < -0.39 is 23.7 Å². The van der Waals surface area contributed by atoms with Gasteiger partial charge in [0.1, 0.15) is 11.6 Å². The maximum absolute atomic E-state index is 14.3. The first-order valence-electron chi connectivity index (χ1n) is 7.80. The van der Waals surface area contributed by atoms with Gasteiger partial charge in [-0.15, -0.1) is 0 Å². The predicted octanol–water partition coefficient (Wildman–Crippen LogP) is 2.18. The van der Waals surface area contributed by atoms with Crippen LogP contribution in [0, 0.1) is 18.7 Å². The molecular weight excluding hydrogens is 327 g/mol. The lowest BCUT2D eigenvalue weighted by Gasteiger charge is -2.20. The maximum atomic E-state index is 14.3. The summed E-state index contributed by atoms with van der Waals surface area (Å²) in [6.07, 6.45) is 3.27. The molecule has 0 bridgehead atoms. The molecule has 1 aromatic heterocycles. The minimum Gasteiger partial charge on any atom is -0.481 e. The van der Waals surface area contributed by atoms with Crippen molar-refractivity contribution >= 4 is 12.0 Å². The number of carboxylic acid groups (broad SMARTS) is 1. The van der Waals surface area contributed by atoms with E-state index in [0.29, 0.717) is 17.1 Å². The van der Waals surface area contributed by atoms with Crippen molar-refractivity contribution in [1.82, 2.24) is 19.8 Å². The lowest BCUT2D eigenvalue weighted by molar-refractivity contribution is -0.141. The van der Waals surface area contributed by atoms with Crippen LogP contribution in [0.4, 0.5) is 9.18 Å². The number of halogens is 1. The van der Waals surface area contributed by atoms with Crippen molar-refractivity contribution in [3.8, 4) is 5.69 Å². The van der Waals surface area contributed by atoms with E-state index in [0.717, 1.165) is 0 Å². The minimum atomic E-state index is -0.966. The van der Waals surface area contributed by atoms with Gasteiger partial charge in [0.15, 0.2) is 0 Å². The number of carboxylic acids is 1. The first-order valence-corrected chi connectivity index (χ1v) is 7.80. The van der Waals surface area contributed by atoms with Crippen LogP contribution in [0.15, 0.2) is 30.6 Å². The van der Waals surface area contributed by atoms with E-state index in [1.54, 1.807) is 36.0 Å². The summed E-state index contributed by atoms with van der Waals surface area (Å²) >= 11 is 0. The highest BCUT2D eigenvalue weighted by atomic mass is 19.1. The third-order valence-corrected chi connectivity index (χ3v) is 3.86. The molecule has 2 amide bonds. The number of carbonyl (C=O) groups is 2. The Balaban J connectivity index is 1.97. The Kier molecular flexibility index (Phi) is 5.74. The first-order chi connectivity index (χ1) is 11.8. The quantitative estimate of drug-likeness (QED) is 0.838. The molecule has 134 valence electrons. The molecule has 0 saturated carbocycles. The van der Waals surface area contributed by atoms with E-state index in [1.165, 1.54) is 24.9 Å². The number of nitrogens with one attached hydrogen (secondary N) is 1. The molecule has 25 heavy (non-hydrogen) atoms. The number of aliphatic carboxylic acids is 1. The largest absolute Gasteiger partial charge is 0.481 e. The summed E-state index contributed by atoms with van der Waals surface area (Å²) in [5.74, 6) is -1.37. The molecule has 0 aliphatic rings. The molecule has 1 aromatic carbocycles. The lowest BCUT2D eigenvalue weighted by atomic mass is 10.2. The average molecular weight is 348 g/mol. The van der Waals surface area contributed by atoms with E-state index in [2.05, 4.69) is 10.3 Å². The summed E-state index contributed by atoms with van der Waals surface area (Å²) in [7, 11) is 1.51. The highest BCUT2D eigenvalue weighted by molar-refractivity contribution is 5.75. The van der Waals surface area contributed by atoms with E-state index in [4.69, 9.17) is 5.11 Å². The molecule has 0 radical (unpaired) electrons. The Hall–Kier alpha value is -2.90. The standard InChI is InChI=1S/C17H21FN4O3/c1-11(16(23)24)10-21(3)17(25)20-9-13-4-5-15(14(18)8-13)22-7-6-19-12(22)2/h4-8,11H,9-10H2,1-3H3,(H,20,25)(H,23,24). The van der Waals surface area contributed by atoms with Crippen molar-refractivity contribution in [3.63, 3.8) is 0 Å². The lowest BCUT2D eigenvalue weighted by Crippen LogP contribution is -2.40. The van der Waals surface area contributed by atoms with Gasteiger partial charge in [-0.3, -0.25) is 4.79 Å². The summed E-state index contributed by atoms with van der Waals surface area (Å²) in [5, 5.41) is 11.5. The van der Waals surface area contributed by atoms with Crippen LogP contribution in [0.2, 0.25) is 0 Å². The van der Waals surface area contributed by atoms with Crippen LogP contribution in [-0.2, 0) is 11.3 Å². The third kappa shape index (κ3) is 4.56. The zero-order valence-electron chi connectivity index (χ0n) is 14.4. The van der Waals surface area contributed by atoms with E-state index in [-0.39, 0.29) is 13.1 Å². The average Bonchev–Trinajstić information content (AvgIpc) is 2.98. The number of amides is 2. The van der Waals surface area contributed by atoms with E-state index in [1.807, 2.05) is 0 Å². The van der Waals surface area contributed by atoms with Crippen LogP contribution in [0.3, 0.4) is 0 Å². The second kappa shape index (κ2) is 7.78. The summed E-state index contributed by atoms with van der Waals surface area (Å²) in [6.45, 7) is 3.54. The Bertz CT molecular complexity index is 775. The number of aromatic nitrogens is 2. The topological polar surface area (TPSA) is 87.5 Å². The van der Waals surface area contributed by atoms with Gasteiger partial charge in [0.25, 0.3) is 0 Å². The molecular formula is C17H21FN4O3. The summed E-state index contributed by atoms with van der Waals surface area (Å²) < 4.78 is 15.9. The van der Waals surface area contributed by atoms with Crippen LogP contribution < -0.4 is 5.32 Å². The number of benzene rings is 1. The molecule has 2 aromatic rings. The van der Waals surface area contributed by atoms with E-state index >= 15 is 0 Å². The second-order valence-electron chi connectivity index (χ2n) is 5.91. The molecule has 0 aliphatic carbocycles. The van der Waals surface area contributed by atoms with Crippen LogP contribution in [0.1, 0.15) is 18.3 Å². The van der Waals surface area contributed by atoms with E-state index in [9.17, 15) is 14.0 Å². The summed E-state index contributed by atoms with van der Waals surface area (Å²) in [5.41, 5.74) is 0.990. The van der Waals surface area contributed by atoms with Crippen molar-refractivity contribution in [2.24, 2.45) is 5.92 Å². The third-order valence-electron chi connectivity index (χ3n) is 3.86. The smallest absolute Gasteiger partial charge is 0.317 e. The van der Waals surface area contributed by atoms with Gasteiger partial charge in [-0.25, -0.2) is 14.2 Å². The Morgan fingerprint density at radius 1 is 1.44 bits per heavy atom. The second-order valence-corrected chi connectivity index (χ2v) is 5.91. The van der Waals surface area contributed by atoms with Gasteiger partial charge in [-0.1, -0.05) is 13.0 Å². The number of rotatable bonds is 6. The number of imidazole rings is 1. The van der Waals surface area contributed by atoms with Gasteiger partial charge in [-0.2, -0.15) is 0 Å². The SMILES string of the molecule is Cc1nccn1-c1ccc(CNC(=O)N(C)CC(C)C(=O)O)cc1F. The fraction of sp³-hybridized carbons (Fsp3) is 0.353. The van der Waals surface area contributed by atoms with Crippen molar-refractivity contribution in [1.29, 1.82) is 0 Å². The van der Waals surface area contributed by atoms with Crippen molar-refractivity contribution in [3.05, 3.63) is 47.8 Å². The first kappa shape index (κ1) is 18.4. The van der Waals surface area contributed by atoms with Gasteiger partial charge in [0, 0.05) is 32.5 Å². The van der Waals surface area contributed by atoms with Crippen LogP contribution in [0.25, 0.3) is 5.69 Å². The Morgan fingerprint density at radius 2 is 2.16 bits per heavy atom. The van der Waals surface area contributed by atoms with Crippen molar-refractivity contribution < 1.29 is 19.1 Å². The Morgan fingerprint density at radius 3 is 2.72 bits per heavy atom. The van der Waals surface area contributed by atoms with Crippen molar-refractivity contribution in [2.45, 2.75) is 20.4 Å². The monoisotopic (exact) mass is 348 g/mol. The zero-order chi connectivity index (χ0) is 18.6. The predicted molar refractivity (Wildman–Crippen MR) is 89.9 cm³/mol. The molecule has 8 heteroatoms. The number of urea groups is 1. The van der Waals surface area contributed by atoms with Gasteiger partial charge >= 0.3 is 12.0 Å². The van der Waals surface area contributed by atoms with Crippen molar-refractivity contribution in [2.75, 3.05) is 13.6 Å². The highest BCUT2D eigenvalue weighted by Gasteiger charge is 2.17. The number of hydrogen-bond acceptors (Lipinski definition) is 3. The zero-order valence-corrected chi connectivity index (χ0v) is 14.4. The normalized spacial score (nSPS) is 11.8. The molecule has 7 nitrogen and oxygen atoms in total. The van der Waals surface area contributed by atoms with Gasteiger partial charge in [0.2, 0.25) is 0 Å². The fourth-order valence-electron chi connectivity index (χ4n) is 2.37. The molecule has 1 atom stereocenters. The maximum Gasteiger partial charge on any atom is 0.317 e. The van der Waals surface area contributed by atoms with Gasteiger partial charge in [0.05, 0.1) is 11.6 Å². The number of aryl methyl sites for hydroxylation is 1. The van der Waals surface area contributed by atoms with Gasteiger partial charge < -0.3 is 19.9 Å². The summed E-state index contributed by atoms with van der Waals surface area (Å²) in [4.78, 5) is 28.1. The molecule has 2 N–H and O–H groups in total. The molecule has 0 spiro atoms. The number of nitrogens with zero attached hydrogens (tertiary/aromatic N) is 3. The van der Waals surface area contributed by atoms with Crippen LogP contribution >= 0.6 is 0 Å². The van der Waals surface area contributed by atoms with Crippen LogP contribution in [-0.4, -0.2) is 45.2 Å². The number of hydrogen-bond donors (Lipinski definition) is 2.